The molecule has 1 aliphatic carbocycles. The normalized spacial score (nSPS) is 14.8. The van der Waals surface area contributed by atoms with E-state index in [1.165, 1.54) is 6.08 Å². The SMILES string of the molecule is CC1=CC(=O)c2cccc3cccc(c23)C1=O. The van der Waals surface area contributed by atoms with Gasteiger partial charge in [-0.15, -0.1) is 0 Å². The summed E-state index contributed by atoms with van der Waals surface area (Å²) in [7, 11) is 0. The zero-order chi connectivity index (χ0) is 12.0. The Bertz CT molecular complexity index is 688. The molecule has 0 spiro atoms. The molecule has 0 fully saturated rings. The fourth-order valence-corrected chi connectivity index (χ4v) is 2.29. The summed E-state index contributed by atoms with van der Waals surface area (Å²) < 4.78 is 0. The number of allylic oxidation sites excluding steroid dienone is 2. The predicted octanol–water partition coefficient (Wildman–Crippen LogP) is 3.17. The Morgan fingerprint density at radius 3 is 2.24 bits per heavy atom. The van der Waals surface area contributed by atoms with Crippen molar-refractivity contribution in [2.45, 2.75) is 6.92 Å². The minimum absolute atomic E-state index is 0.0612. The van der Waals surface area contributed by atoms with E-state index in [1.54, 1.807) is 19.1 Å². The highest BCUT2D eigenvalue weighted by Gasteiger charge is 2.21. The molecule has 82 valence electrons. The second kappa shape index (κ2) is 3.39. The van der Waals surface area contributed by atoms with Gasteiger partial charge in [0.1, 0.15) is 0 Å². The highest BCUT2D eigenvalue weighted by atomic mass is 16.1. The summed E-state index contributed by atoms with van der Waals surface area (Å²) in [4.78, 5) is 24.2. The van der Waals surface area contributed by atoms with Crippen molar-refractivity contribution >= 4 is 22.3 Å². The van der Waals surface area contributed by atoms with Crippen molar-refractivity contribution in [1.82, 2.24) is 0 Å². The van der Waals surface area contributed by atoms with Gasteiger partial charge < -0.3 is 0 Å². The summed E-state index contributed by atoms with van der Waals surface area (Å²) in [5.74, 6) is -0.152. The van der Waals surface area contributed by atoms with E-state index in [2.05, 4.69) is 0 Å². The predicted molar refractivity (Wildman–Crippen MR) is 66.4 cm³/mol. The van der Waals surface area contributed by atoms with Crippen molar-refractivity contribution in [3.63, 3.8) is 0 Å². The Labute approximate surface area is 98.6 Å². The topological polar surface area (TPSA) is 34.1 Å². The number of carbonyl (C=O) groups is 2. The molecule has 2 aromatic carbocycles. The molecule has 0 bridgehead atoms. The smallest absolute Gasteiger partial charge is 0.189 e. The first-order valence-electron chi connectivity index (χ1n) is 5.47. The van der Waals surface area contributed by atoms with Gasteiger partial charge in [0.05, 0.1) is 0 Å². The number of carbonyl (C=O) groups excluding carboxylic acids is 2. The first kappa shape index (κ1) is 9.97. The molecule has 0 saturated carbocycles. The first-order valence-corrected chi connectivity index (χ1v) is 5.47. The average Bonchev–Trinajstić information content (AvgIpc) is 2.43. The molecule has 2 heteroatoms. The van der Waals surface area contributed by atoms with E-state index in [1.807, 2.05) is 24.3 Å². The molecule has 3 rings (SSSR count). The number of rotatable bonds is 0. The maximum Gasteiger partial charge on any atom is 0.189 e. The monoisotopic (exact) mass is 222 g/mol. The minimum Gasteiger partial charge on any atom is -0.289 e. The van der Waals surface area contributed by atoms with Crippen molar-refractivity contribution < 1.29 is 9.59 Å². The highest BCUT2D eigenvalue weighted by Crippen LogP contribution is 2.28. The zero-order valence-electron chi connectivity index (χ0n) is 9.36. The average molecular weight is 222 g/mol. The number of benzene rings is 2. The molecule has 0 amide bonds. The van der Waals surface area contributed by atoms with Crippen molar-refractivity contribution in [3.05, 3.63) is 59.2 Å². The Kier molecular flexibility index (Phi) is 1.99. The van der Waals surface area contributed by atoms with Crippen LogP contribution in [0.3, 0.4) is 0 Å². The number of ketones is 2. The molecule has 0 N–H and O–H groups in total. The molecule has 0 heterocycles. The quantitative estimate of drug-likeness (QED) is 0.686. The third-order valence-electron chi connectivity index (χ3n) is 3.12. The third kappa shape index (κ3) is 1.34. The van der Waals surface area contributed by atoms with Crippen LogP contribution in [0.25, 0.3) is 10.8 Å². The van der Waals surface area contributed by atoms with Crippen LogP contribution in [-0.2, 0) is 0 Å². The second-order valence-corrected chi connectivity index (χ2v) is 4.23. The maximum absolute atomic E-state index is 12.1. The van der Waals surface area contributed by atoms with Crippen LogP contribution in [-0.4, -0.2) is 11.6 Å². The van der Waals surface area contributed by atoms with Gasteiger partial charge in [-0.2, -0.15) is 0 Å². The van der Waals surface area contributed by atoms with E-state index in [0.717, 1.165) is 10.8 Å². The number of hydrogen-bond donors (Lipinski definition) is 0. The lowest BCUT2D eigenvalue weighted by Gasteiger charge is -2.06. The van der Waals surface area contributed by atoms with E-state index < -0.39 is 0 Å². The molecule has 0 atom stereocenters. The van der Waals surface area contributed by atoms with Gasteiger partial charge in [-0.05, 0) is 18.4 Å². The molecule has 0 aromatic heterocycles. The molecule has 17 heavy (non-hydrogen) atoms. The lowest BCUT2D eigenvalue weighted by atomic mass is 9.96. The van der Waals surface area contributed by atoms with Gasteiger partial charge in [0.25, 0.3) is 0 Å². The van der Waals surface area contributed by atoms with E-state index in [9.17, 15) is 9.59 Å². The van der Waals surface area contributed by atoms with Crippen LogP contribution < -0.4 is 0 Å². The summed E-state index contributed by atoms with van der Waals surface area (Å²) in [6, 6.07) is 11.1. The van der Waals surface area contributed by atoms with Crippen LogP contribution >= 0.6 is 0 Å². The van der Waals surface area contributed by atoms with Crippen molar-refractivity contribution in [1.29, 1.82) is 0 Å². The van der Waals surface area contributed by atoms with E-state index in [0.29, 0.717) is 16.7 Å². The van der Waals surface area contributed by atoms with Crippen LogP contribution in [0.2, 0.25) is 0 Å². The minimum atomic E-state index is -0.0913. The number of hydrogen-bond acceptors (Lipinski definition) is 2. The molecular formula is C15H10O2. The van der Waals surface area contributed by atoms with Gasteiger partial charge in [-0.25, -0.2) is 0 Å². The van der Waals surface area contributed by atoms with Gasteiger partial charge in [-0.1, -0.05) is 36.4 Å². The Morgan fingerprint density at radius 2 is 1.53 bits per heavy atom. The molecule has 0 aliphatic heterocycles. The fraction of sp³-hybridized carbons (Fsp3) is 0.0667. The summed E-state index contributed by atoms with van der Waals surface area (Å²) >= 11 is 0. The first-order chi connectivity index (χ1) is 8.18. The zero-order valence-corrected chi connectivity index (χ0v) is 9.36. The fourth-order valence-electron chi connectivity index (χ4n) is 2.29. The van der Waals surface area contributed by atoms with E-state index >= 15 is 0 Å². The number of Topliss-reactive ketones (excluding diaryl/α,β-unsaturated/α-hetero) is 1. The Balaban J connectivity index is 2.54. The molecule has 0 radical (unpaired) electrons. The molecule has 0 saturated heterocycles. The maximum atomic E-state index is 12.1. The summed E-state index contributed by atoms with van der Waals surface area (Å²) in [6.45, 7) is 1.69. The van der Waals surface area contributed by atoms with Crippen molar-refractivity contribution in [2.24, 2.45) is 0 Å². The molecule has 1 aliphatic rings. The summed E-state index contributed by atoms with van der Waals surface area (Å²) in [6.07, 6.45) is 1.43. The molecule has 2 nitrogen and oxygen atoms in total. The summed E-state index contributed by atoms with van der Waals surface area (Å²) in [5.41, 5.74) is 1.74. The van der Waals surface area contributed by atoms with Crippen molar-refractivity contribution in [3.8, 4) is 0 Å². The van der Waals surface area contributed by atoms with Gasteiger partial charge in [-0.3, -0.25) is 9.59 Å². The van der Waals surface area contributed by atoms with Gasteiger partial charge >= 0.3 is 0 Å². The van der Waals surface area contributed by atoms with Crippen molar-refractivity contribution in [2.75, 3.05) is 0 Å². The lowest BCUT2D eigenvalue weighted by Crippen LogP contribution is -2.00. The molecule has 2 aromatic rings. The van der Waals surface area contributed by atoms with Gasteiger partial charge in [0, 0.05) is 22.1 Å². The van der Waals surface area contributed by atoms with Crippen LogP contribution in [0.5, 0.6) is 0 Å². The molecular weight excluding hydrogens is 212 g/mol. The van der Waals surface area contributed by atoms with Crippen LogP contribution in [0.1, 0.15) is 27.6 Å². The molecule has 0 unspecified atom stereocenters. The van der Waals surface area contributed by atoms with E-state index in [-0.39, 0.29) is 11.6 Å². The van der Waals surface area contributed by atoms with Gasteiger partial charge in [0.15, 0.2) is 11.6 Å². The standard InChI is InChI=1S/C15H10O2/c1-9-8-13(16)11-6-2-4-10-5-3-7-12(14(10)11)15(9)17/h2-8H,1H3. The largest absolute Gasteiger partial charge is 0.289 e. The van der Waals surface area contributed by atoms with Crippen LogP contribution in [0.4, 0.5) is 0 Å². The van der Waals surface area contributed by atoms with Gasteiger partial charge in [0.2, 0.25) is 0 Å². The Morgan fingerprint density at radius 1 is 0.882 bits per heavy atom. The third-order valence-corrected chi connectivity index (χ3v) is 3.12. The second-order valence-electron chi connectivity index (χ2n) is 4.23. The lowest BCUT2D eigenvalue weighted by molar-refractivity contribution is 0.101. The summed E-state index contributed by atoms with van der Waals surface area (Å²) in [5, 5.41) is 1.71. The van der Waals surface area contributed by atoms with E-state index in [4.69, 9.17) is 0 Å². The van der Waals surface area contributed by atoms with Crippen LogP contribution in [0.15, 0.2) is 48.0 Å². The Hall–Kier alpha value is -2.22. The van der Waals surface area contributed by atoms with Crippen LogP contribution in [0, 0.1) is 0 Å². The highest BCUT2D eigenvalue weighted by molar-refractivity contribution is 6.27.